The van der Waals surface area contributed by atoms with Gasteiger partial charge >= 0.3 is 221 Å². The van der Waals surface area contributed by atoms with Crippen molar-refractivity contribution in [2.45, 2.75) is 153 Å². The van der Waals surface area contributed by atoms with Crippen molar-refractivity contribution in [2.24, 2.45) is 0 Å². The van der Waals surface area contributed by atoms with Crippen molar-refractivity contribution >= 4 is 59.6 Å². The molecule has 0 amide bonds. The molecule has 0 aliphatic rings. The number of carbonyl (C=O) groups excluding carboxylic acids is 1. The zero-order valence-corrected chi connectivity index (χ0v) is 26.4. The van der Waals surface area contributed by atoms with E-state index in [1.165, 1.54) is 116 Å². The Balaban J connectivity index is 5.02. The van der Waals surface area contributed by atoms with Gasteiger partial charge in [0.25, 0.3) is 0 Å². The summed E-state index contributed by atoms with van der Waals surface area (Å²) in [7, 11) is 0. The van der Waals surface area contributed by atoms with E-state index >= 15 is 0 Å². The fraction of sp³-hybridized carbons (Fsp3) is 0.962. The normalized spacial score (nSPS) is 12.3. The van der Waals surface area contributed by atoms with Crippen molar-refractivity contribution in [3.8, 4) is 0 Å². The van der Waals surface area contributed by atoms with Crippen LogP contribution in [0.5, 0.6) is 0 Å². The number of hydrogen-bond acceptors (Lipinski definition) is 2. The Morgan fingerprint density at radius 3 is 1.12 bits per heavy atom. The molecule has 0 aromatic rings. The third kappa shape index (κ3) is 18.5. The Hall–Kier alpha value is 1.14. The van der Waals surface area contributed by atoms with Crippen LogP contribution < -0.4 is 0 Å². The molecule has 0 N–H and O–H groups in total. The van der Waals surface area contributed by atoms with E-state index in [0.717, 1.165) is 13.3 Å². The Morgan fingerprint density at radius 1 is 0.562 bits per heavy atom. The van der Waals surface area contributed by atoms with Crippen LogP contribution in [-0.4, -0.2) is 28.6 Å². The molecular weight excluding hydrogens is 569 g/mol. The van der Waals surface area contributed by atoms with Crippen molar-refractivity contribution in [1.29, 1.82) is 0 Å². The van der Waals surface area contributed by atoms with Gasteiger partial charge in [-0.3, -0.25) is 0 Å². The Labute approximate surface area is 219 Å². The van der Waals surface area contributed by atoms with Gasteiger partial charge in [0.2, 0.25) is 0 Å². The third-order valence-corrected chi connectivity index (χ3v) is 19.6. The van der Waals surface area contributed by atoms with Gasteiger partial charge in [-0.25, -0.2) is 0 Å². The van der Waals surface area contributed by atoms with Crippen molar-refractivity contribution in [3.63, 3.8) is 0 Å². The average molecular weight is 621 g/mol. The predicted octanol–water partition coefficient (Wildman–Crippen LogP) is 10.9. The van der Waals surface area contributed by atoms with Gasteiger partial charge in [0.05, 0.1) is 0 Å². The molecule has 0 bridgehead atoms. The molecule has 0 atom stereocenters. The van der Waals surface area contributed by atoms with E-state index in [2.05, 4.69) is 20.8 Å². The molecule has 192 valence electrons. The molecule has 6 heteroatoms. The molecule has 0 aliphatic carbocycles. The minimum atomic E-state index is -3.19. The summed E-state index contributed by atoms with van der Waals surface area (Å²) in [5, 5.41) is 0. The number of halogens is 3. The molecule has 0 unspecified atom stereocenters. The van der Waals surface area contributed by atoms with E-state index in [1.807, 2.05) is 0 Å². The fourth-order valence-corrected chi connectivity index (χ4v) is 17.4. The summed E-state index contributed by atoms with van der Waals surface area (Å²) in [6.07, 6.45) is 22.7. The summed E-state index contributed by atoms with van der Waals surface area (Å²) in [6.45, 7) is 6.75. The maximum absolute atomic E-state index is 12.6. The second-order valence-corrected chi connectivity index (χ2v) is 23.5. The van der Waals surface area contributed by atoms with E-state index in [4.69, 9.17) is 37.9 Å². The first-order chi connectivity index (χ1) is 15.3. The summed E-state index contributed by atoms with van der Waals surface area (Å²) >= 11 is 14.6. The van der Waals surface area contributed by atoms with Gasteiger partial charge in [-0.15, -0.1) is 0 Å². The summed E-state index contributed by atoms with van der Waals surface area (Å²) in [4.78, 5) is 12.6. The Bertz CT molecular complexity index is 400. The van der Waals surface area contributed by atoms with Gasteiger partial charge in [-0.1, -0.05) is 0 Å². The number of hydrogen-bond donors (Lipinski definition) is 0. The molecule has 0 rings (SSSR count). The molecule has 0 saturated carbocycles. The first-order valence-electron chi connectivity index (χ1n) is 13.6. The molecule has 0 aromatic heterocycles. The van der Waals surface area contributed by atoms with Crippen LogP contribution in [-0.2, 0) is 7.87 Å². The first kappa shape index (κ1) is 33.1. The van der Waals surface area contributed by atoms with Crippen molar-refractivity contribution in [2.75, 3.05) is 0 Å². The van der Waals surface area contributed by atoms with Gasteiger partial charge in [-0.2, -0.15) is 0 Å². The van der Waals surface area contributed by atoms with Crippen LogP contribution in [0.3, 0.4) is 0 Å². The SMILES string of the molecule is CCCCCCC[CH2][Sn]([CH2]CCCCCCC)([CH2]CCCCCCC)[O]C(=O)C(Cl)(Cl)Cl. The first-order valence-corrected chi connectivity index (χ1v) is 22.0. The van der Waals surface area contributed by atoms with Crippen LogP contribution in [0.4, 0.5) is 0 Å². The van der Waals surface area contributed by atoms with Gasteiger partial charge in [-0.05, 0) is 0 Å². The average Bonchev–Trinajstić information content (AvgIpc) is 2.75. The zero-order valence-electron chi connectivity index (χ0n) is 21.3. The molecular formula is C26H51Cl3O2Sn. The van der Waals surface area contributed by atoms with Crippen LogP contribution in [0.1, 0.15) is 136 Å². The summed E-state index contributed by atoms with van der Waals surface area (Å²) in [6, 6.07) is 0. The van der Waals surface area contributed by atoms with E-state index in [-0.39, 0.29) is 0 Å². The topological polar surface area (TPSA) is 26.3 Å². The number of carbonyl (C=O) groups is 1. The molecule has 0 spiro atoms. The molecule has 0 radical (unpaired) electrons. The van der Waals surface area contributed by atoms with Crippen LogP contribution in [0.2, 0.25) is 13.3 Å². The van der Waals surface area contributed by atoms with Gasteiger partial charge in [0.15, 0.2) is 0 Å². The zero-order chi connectivity index (χ0) is 24.1. The summed E-state index contributed by atoms with van der Waals surface area (Å²) in [5.41, 5.74) is 0. The molecule has 0 aliphatic heterocycles. The molecule has 0 aromatic carbocycles. The maximum atomic E-state index is 12.6. The quantitative estimate of drug-likeness (QED) is 0.0684. The van der Waals surface area contributed by atoms with Crippen molar-refractivity contribution < 1.29 is 7.87 Å². The second-order valence-electron chi connectivity index (χ2n) is 9.62. The second kappa shape index (κ2) is 21.4. The van der Waals surface area contributed by atoms with Crippen LogP contribution >= 0.6 is 34.8 Å². The fourth-order valence-electron chi connectivity index (χ4n) is 4.47. The van der Waals surface area contributed by atoms with Crippen LogP contribution in [0.15, 0.2) is 0 Å². The van der Waals surface area contributed by atoms with E-state index < -0.39 is 28.6 Å². The van der Waals surface area contributed by atoms with Crippen molar-refractivity contribution in [1.82, 2.24) is 0 Å². The standard InChI is InChI=1S/3C8H17.C2HCl3O2.Sn/c3*1-3-5-7-8-6-4-2;3-2(4,5)1(6)7;/h3*1,3-8H2,2H3;(H,6,7);/q;;;;+1/p-1. The molecule has 32 heavy (non-hydrogen) atoms. The predicted molar refractivity (Wildman–Crippen MR) is 147 cm³/mol. The van der Waals surface area contributed by atoms with Crippen molar-refractivity contribution in [3.05, 3.63) is 0 Å². The molecule has 2 nitrogen and oxygen atoms in total. The number of rotatable bonds is 22. The van der Waals surface area contributed by atoms with Crippen LogP contribution in [0, 0.1) is 0 Å². The van der Waals surface area contributed by atoms with Gasteiger partial charge in [0, 0.05) is 0 Å². The van der Waals surface area contributed by atoms with Crippen LogP contribution in [0.25, 0.3) is 0 Å². The molecule has 0 heterocycles. The van der Waals surface area contributed by atoms with Gasteiger partial charge < -0.3 is 0 Å². The summed E-state index contributed by atoms with van der Waals surface area (Å²) in [5.74, 6) is -0.610. The minimum absolute atomic E-state index is 0.610. The van der Waals surface area contributed by atoms with E-state index in [0.29, 0.717) is 0 Å². The number of alkyl halides is 3. The molecule has 0 saturated heterocycles. The monoisotopic (exact) mass is 620 g/mol. The summed E-state index contributed by atoms with van der Waals surface area (Å²) < 4.78 is 7.59. The van der Waals surface area contributed by atoms with E-state index in [1.54, 1.807) is 0 Å². The third-order valence-electron chi connectivity index (χ3n) is 6.50. The molecule has 0 fully saturated rings. The Morgan fingerprint density at radius 2 is 0.844 bits per heavy atom. The number of unbranched alkanes of at least 4 members (excludes halogenated alkanes) is 15. The Kier molecular flexibility index (Phi) is 22.2. The van der Waals surface area contributed by atoms with Gasteiger partial charge in [0.1, 0.15) is 0 Å². The van der Waals surface area contributed by atoms with E-state index in [9.17, 15) is 4.79 Å².